The van der Waals surface area contributed by atoms with Crippen LogP contribution < -0.4 is 5.73 Å². The van der Waals surface area contributed by atoms with Crippen LogP contribution in [0.5, 0.6) is 0 Å². The lowest BCUT2D eigenvalue weighted by molar-refractivity contribution is -0.161. The molecule has 1 unspecified atom stereocenters. The number of benzene rings is 1. The van der Waals surface area contributed by atoms with Crippen LogP contribution in [0, 0.1) is 17.7 Å². The van der Waals surface area contributed by atoms with E-state index in [1.54, 1.807) is 4.90 Å². The summed E-state index contributed by atoms with van der Waals surface area (Å²) in [5.41, 5.74) is 5.82. The summed E-state index contributed by atoms with van der Waals surface area (Å²) in [5, 5.41) is 0. The summed E-state index contributed by atoms with van der Waals surface area (Å²) in [6.07, 6.45) is 0.596. The highest BCUT2D eigenvalue weighted by Gasteiger charge is 2.39. The summed E-state index contributed by atoms with van der Waals surface area (Å²) in [5.74, 6) is -1.31. The molecule has 2 rings (SSSR count). The first-order valence-electron chi connectivity index (χ1n) is 10.5. The molecule has 0 saturated carbocycles. The van der Waals surface area contributed by atoms with Gasteiger partial charge in [-0.25, -0.2) is 9.18 Å². The Hall–Kier alpha value is -2.15. The number of hydrogen-bond acceptors (Lipinski definition) is 5. The summed E-state index contributed by atoms with van der Waals surface area (Å²) in [7, 11) is 0. The van der Waals surface area contributed by atoms with Crippen molar-refractivity contribution in [3.8, 4) is 0 Å². The number of ether oxygens (including phenoxy) is 2. The van der Waals surface area contributed by atoms with Gasteiger partial charge in [-0.15, -0.1) is 0 Å². The number of hydrogen-bond donors (Lipinski definition) is 1. The number of likely N-dealkylation sites (tertiary alicyclic amines) is 1. The van der Waals surface area contributed by atoms with Gasteiger partial charge in [0, 0.05) is 19.6 Å². The monoisotopic (exact) mass is 422 g/mol. The van der Waals surface area contributed by atoms with E-state index in [0.29, 0.717) is 37.1 Å². The zero-order valence-electron chi connectivity index (χ0n) is 19.0. The Morgan fingerprint density at radius 3 is 2.27 bits per heavy atom. The minimum atomic E-state index is -0.636. The normalized spacial score (nSPS) is 18.3. The summed E-state index contributed by atoms with van der Waals surface area (Å²) in [4.78, 5) is 27.1. The van der Waals surface area contributed by atoms with Gasteiger partial charge in [-0.05, 0) is 83.6 Å². The molecule has 1 fully saturated rings. The molecule has 0 bridgehead atoms. The van der Waals surface area contributed by atoms with Crippen LogP contribution in [0.25, 0.3) is 0 Å². The van der Waals surface area contributed by atoms with Gasteiger partial charge in [0.25, 0.3) is 0 Å². The second-order valence-corrected chi connectivity index (χ2v) is 9.99. The lowest BCUT2D eigenvalue weighted by Crippen LogP contribution is -2.38. The van der Waals surface area contributed by atoms with Crippen molar-refractivity contribution < 1.29 is 23.5 Å². The van der Waals surface area contributed by atoms with E-state index in [-0.39, 0.29) is 30.3 Å². The minimum absolute atomic E-state index is 0.100. The van der Waals surface area contributed by atoms with Crippen LogP contribution in [-0.2, 0) is 27.2 Å². The Morgan fingerprint density at radius 2 is 1.70 bits per heavy atom. The Balaban J connectivity index is 2.21. The van der Waals surface area contributed by atoms with Gasteiger partial charge in [0.15, 0.2) is 0 Å². The first kappa shape index (κ1) is 24.1. The standard InChI is InChI=1S/C23H35FN2O4/c1-22(2,3)29-20(27)19(12-15-9-16(13-25)11-18(24)10-15)17-7-8-26(14-17)21(28)30-23(4,5)6/h9-11,17,19H,7-8,12-14,25H2,1-6H3/t17-,19?/m0/s1. The number of amides is 1. The molecule has 1 heterocycles. The number of nitrogens with two attached hydrogens (primary N) is 1. The zero-order valence-corrected chi connectivity index (χ0v) is 19.0. The van der Waals surface area contributed by atoms with Gasteiger partial charge in [0.05, 0.1) is 5.92 Å². The molecule has 1 aliphatic rings. The topological polar surface area (TPSA) is 81.9 Å². The highest BCUT2D eigenvalue weighted by molar-refractivity contribution is 5.74. The molecule has 1 aromatic rings. The van der Waals surface area contributed by atoms with E-state index in [0.717, 1.165) is 0 Å². The van der Waals surface area contributed by atoms with Crippen LogP contribution in [0.2, 0.25) is 0 Å². The van der Waals surface area contributed by atoms with Crippen LogP contribution in [-0.4, -0.2) is 41.3 Å². The van der Waals surface area contributed by atoms with Crippen LogP contribution in [0.4, 0.5) is 9.18 Å². The second-order valence-electron chi connectivity index (χ2n) is 9.99. The maximum absolute atomic E-state index is 14.0. The van der Waals surface area contributed by atoms with Crippen LogP contribution in [0.15, 0.2) is 18.2 Å². The third-order valence-corrected chi connectivity index (χ3v) is 4.86. The van der Waals surface area contributed by atoms with Crippen LogP contribution in [0.1, 0.15) is 59.1 Å². The van der Waals surface area contributed by atoms with Gasteiger partial charge in [-0.2, -0.15) is 0 Å². The van der Waals surface area contributed by atoms with Crippen molar-refractivity contribution in [2.24, 2.45) is 17.6 Å². The molecule has 1 saturated heterocycles. The van der Waals surface area contributed by atoms with Gasteiger partial charge >= 0.3 is 12.1 Å². The molecule has 2 N–H and O–H groups in total. The Morgan fingerprint density at radius 1 is 1.10 bits per heavy atom. The van der Waals surface area contributed by atoms with E-state index in [1.165, 1.54) is 12.1 Å². The Kier molecular flexibility index (Phi) is 7.50. The third-order valence-electron chi connectivity index (χ3n) is 4.86. The first-order chi connectivity index (χ1) is 13.8. The molecule has 30 heavy (non-hydrogen) atoms. The maximum atomic E-state index is 14.0. The van der Waals surface area contributed by atoms with E-state index < -0.39 is 17.1 Å². The predicted octanol–water partition coefficient (Wildman–Crippen LogP) is 4.04. The summed E-state index contributed by atoms with van der Waals surface area (Å²) < 4.78 is 25.1. The van der Waals surface area contributed by atoms with E-state index in [4.69, 9.17) is 15.2 Å². The largest absolute Gasteiger partial charge is 0.460 e. The van der Waals surface area contributed by atoms with Crippen molar-refractivity contribution in [1.82, 2.24) is 4.90 Å². The summed E-state index contributed by atoms with van der Waals surface area (Å²) in [6.45, 7) is 12.0. The molecular weight excluding hydrogens is 387 g/mol. The number of nitrogens with zero attached hydrogens (tertiary/aromatic N) is 1. The first-order valence-corrected chi connectivity index (χ1v) is 10.5. The molecule has 7 heteroatoms. The van der Waals surface area contributed by atoms with Crippen LogP contribution in [0.3, 0.4) is 0 Å². The molecule has 1 aromatic carbocycles. The quantitative estimate of drug-likeness (QED) is 0.724. The maximum Gasteiger partial charge on any atom is 0.410 e. The SMILES string of the molecule is CC(C)(C)OC(=O)C(Cc1cc(F)cc(CN)c1)[C@H]1CCN(C(=O)OC(C)(C)C)C1. The molecule has 1 amide bonds. The van der Waals surface area contributed by atoms with Crippen molar-refractivity contribution in [2.75, 3.05) is 13.1 Å². The van der Waals surface area contributed by atoms with E-state index >= 15 is 0 Å². The van der Waals surface area contributed by atoms with E-state index in [1.807, 2.05) is 47.6 Å². The molecular formula is C23H35FN2O4. The summed E-state index contributed by atoms with van der Waals surface area (Å²) >= 11 is 0. The summed E-state index contributed by atoms with van der Waals surface area (Å²) in [6, 6.07) is 4.64. The molecule has 168 valence electrons. The van der Waals surface area contributed by atoms with Crippen molar-refractivity contribution in [3.63, 3.8) is 0 Å². The average molecular weight is 423 g/mol. The molecule has 6 nitrogen and oxygen atoms in total. The molecule has 0 aliphatic carbocycles. The number of esters is 1. The molecule has 0 radical (unpaired) electrons. The minimum Gasteiger partial charge on any atom is -0.460 e. The van der Waals surface area contributed by atoms with Gasteiger partial charge in [-0.1, -0.05) is 6.07 Å². The number of carbonyl (C=O) groups is 2. The van der Waals surface area contributed by atoms with Gasteiger partial charge < -0.3 is 20.1 Å². The number of carbonyl (C=O) groups excluding carboxylic acids is 2. The average Bonchev–Trinajstić information content (AvgIpc) is 3.06. The number of halogens is 1. The molecule has 1 aliphatic heterocycles. The van der Waals surface area contributed by atoms with Crippen molar-refractivity contribution in [1.29, 1.82) is 0 Å². The van der Waals surface area contributed by atoms with Crippen molar-refractivity contribution in [2.45, 2.75) is 72.1 Å². The second kappa shape index (κ2) is 9.33. The molecule has 0 aromatic heterocycles. The molecule has 0 spiro atoms. The Labute approximate surface area is 178 Å². The number of rotatable bonds is 5. The lowest BCUT2D eigenvalue weighted by Gasteiger charge is -2.28. The van der Waals surface area contributed by atoms with Crippen molar-refractivity contribution in [3.05, 3.63) is 35.1 Å². The van der Waals surface area contributed by atoms with Crippen LogP contribution >= 0.6 is 0 Å². The smallest absolute Gasteiger partial charge is 0.410 e. The van der Waals surface area contributed by atoms with Gasteiger partial charge in [0.1, 0.15) is 17.0 Å². The Bertz CT molecular complexity index is 767. The van der Waals surface area contributed by atoms with Gasteiger partial charge in [-0.3, -0.25) is 4.79 Å². The fourth-order valence-electron chi connectivity index (χ4n) is 3.63. The van der Waals surface area contributed by atoms with E-state index in [2.05, 4.69) is 0 Å². The van der Waals surface area contributed by atoms with Crippen molar-refractivity contribution >= 4 is 12.1 Å². The zero-order chi connectivity index (χ0) is 22.7. The highest BCUT2D eigenvalue weighted by atomic mass is 19.1. The highest BCUT2D eigenvalue weighted by Crippen LogP contribution is 2.31. The van der Waals surface area contributed by atoms with E-state index in [9.17, 15) is 14.0 Å². The van der Waals surface area contributed by atoms with Gasteiger partial charge in [0.2, 0.25) is 0 Å². The lowest BCUT2D eigenvalue weighted by atomic mass is 9.85. The molecule has 2 atom stereocenters. The fourth-order valence-corrected chi connectivity index (χ4v) is 3.63. The predicted molar refractivity (Wildman–Crippen MR) is 113 cm³/mol. The third kappa shape index (κ3) is 7.27. The fraction of sp³-hybridized carbons (Fsp3) is 0.652.